The largest absolute Gasteiger partial charge is 0.203 e. The summed E-state index contributed by atoms with van der Waals surface area (Å²) in [5, 5.41) is 0.639. The lowest BCUT2D eigenvalue weighted by molar-refractivity contribution is 0.411. The van der Waals surface area contributed by atoms with E-state index in [0.717, 1.165) is 38.6 Å². The van der Waals surface area contributed by atoms with Crippen LogP contribution >= 0.6 is 0 Å². The van der Waals surface area contributed by atoms with Crippen molar-refractivity contribution in [3.8, 4) is 44.5 Å². The Morgan fingerprint density at radius 1 is 0.226 bits per heavy atom. The van der Waals surface area contributed by atoms with Gasteiger partial charge in [-0.05, 0) is 65.7 Å². The molecule has 0 spiro atoms. The van der Waals surface area contributed by atoms with Crippen molar-refractivity contribution in [3.63, 3.8) is 0 Å². The first kappa shape index (κ1) is 32.4. The maximum absolute atomic E-state index is 16.1. The number of hydrogen-bond acceptors (Lipinski definition) is 0. The monoisotopic (exact) mass is 708 g/mol. The van der Waals surface area contributed by atoms with Crippen molar-refractivity contribution in [1.82, 2.24) is 0 Å². The summed E-state index contributed by atoms with van der Waals surface area (Å²) in [6.45, 7) is 0. The van der Waals surface area contributed by atoms with Crippen LogP contribution in [0, 0.1) is 40.7 Å². The van der Waals surface area contributed by atoms with E-state index in [2.05, 4.69) is 36.4 Å². The molecule has 256 valence electrons. The van der Waals surface area contributed by atoms with E-state index >= 15 is 22.0 Å². The van der Waals surface area contributed by atoms with Gasteiger partial charge < -0.3 is 0 Å². The van der Waals surface area contributed by atoms with Crippen LogP contribution in [0.1, 0.15) is 0 Å². The van der Waals surface area contributed by atoms with E-state index in [-0.39, 0.29) is 16.3 Å². The van der Waals surface area contributed by atoms with Gasteiger partial charge in [0.25, 0.3) is 0 Å². The van der Waals surface area contributed by atoms with Crippen molar-refractivity contribution in [3.05, 3.63) is 180 Å². The number of benzene rings is 9. The Morgan fingerprint density at radius 3 is 1.15 bits per heavy atom. The number of hydrogen-bond donors (Lipinski definition) is 0. The molecule has 0 unspecified atom stereocenters. The van der Waals surface area contributed by atoms with E-state index in [0.29, 0.717) is 16.3 Å². The lowest BCUT2D eigenvalue weighted by Gasteiger charge is -2.21. The standard InChI is InChI=1S/C46H23F7/c47-40-37(38-39(42(49)44(40)51)43(50)46(53)45(52)41(38)48)36-32-16-8-6-14-30(32)35(31-15-7-9-17-33(31)36)34-23-22-27(28-12-4-5-13-29(28)34)26-20-18-25(19-21-26)24-10-2-1-3-11-24/h1-23H. The third kappa shape index (κ3) is 4.84. The summed E-state index contributed by atoms with van der Waals surface area (Å²) in [6, 6.07) is 43.6. The molecule has 0 atom stereocenters. The van der Waals surface area contributed by atoms with E-state index in [9.17, 15) is 8.78 Å². The van der Waals surface area contributed by atoms with E-state index in [1.54, 1.807) is 48.5 Å². The fraction of sp³-hybridized carbons (Fsp3) is 0. The molecule has 0 bridgehead atoms. The molecule has 7 heteroatoms. The van der Waals surface area contributed by atoms with Crippen LogP contribution in [0.3, 0.4) is 0 Å². The quantitative estimate of drug-likeness (QED) is 0.0739. The molecule has 0 fully saturated rings. The number of fused-ring (bicyclic) bond motifs is 4. The van der Waals surface area contributed by atoms with Gasteiger partial charge in [0.2, 0.25) is 0 Å². The van der Waals surface area contributed by atoms with Crippen LogP contribution in [0.5, 0.6) is 0 Å². The Labute approximate surface area is 298 Å². The molecular weight excluding hydrogens is 685 g/mol. The van der Waals surface area contributed by atoms with Gasteiger partial charge in [-0.3, -0.25) is 0 Å². The molecule has 9 aromatic rings. The maximum Gasteiger partial charge on any atom is 0.198 e. The fourth-order valence-electron chi connectivity index (χ4n) is 7.66. The lowest BCUT2D eigenvalue weighted by atomic mass is 9.82. The fourth-order valence-corrected chi connectivity index (χ4v) is 7.66. The summed E-state index contributed by atoms with van der Waals surface area (Å²) in [5.74, 6) is -15.0. The SMILES string of the molecule is Fc1c(F)c(F)c2c(-c3c4ccccc4c(-c4ccc(-c5ccc(-c6ccccc6)cc5)c5ccccc45)c4ccccc34)c(F)c(F)c(F)c2c1F. The van der Waals surface area contributed by atoms with Crippen LogP contribution in [0.4, 0.5) is 30.7 Å². The summed E-state index contributed by atoms with van der Waals surface area (Å²) < 4.78 is 106. The smallest absolute Gasteiger partial charge is 0.198 e. The Bertz CT molecular complexity index is 2890. The average Bonchev–Trinajstić information content (AvgIpc) is 3.21. The zero-order valence-electron chi connectivity index (χ0n) is 27.4. The van der Waals surface area contributed by atoms with Gasteiger partial charge in [-0.2, -0.15) is 0 Å². The van der Waals surface area contributed by atoms with Crippen LogP contribution in [0.15, 0.2) is 140 Å². The van der Waals surface area contributed by atoms with Crippen LogP contribution in [-0.2, 0) is 0 Å². The summed E-state index contributed by atoms with van der Waals surface area (Å²) in [7, 11) is 0. The predicted octanol–water partition coefficient (Wildman–Crippen LogP) is 13.9. The molecular formula is C46H23F7. The molecule has 9 aromatic carbocycles. The van der Waals surface area contributed by atoms with Gasteiger partial charge in [0.05, 0.1) is 5.39 Å². The molecule has 53 heavy (non-hydrogen) atoms. The second-order valence-corrected chi connectivity index (χ2v) is 12.8. The Kier molecular flexibility index (Phi) is 7.55. The molecule has 0 N–H and O–H groups in total. The summed E-state index contributed by atoms with van der Waals surface area (Å²) in [6.07, 6.45) is 0. The van der Waals surface area contributed by atoms with Crippen LogP contribution in [0.25, 0.3) is 87.6 Å². The molecule has 0 radical (unpaired) electrons. The van der Waals surface area contributed by atoms with Gasteiger partial charge in [-0.25, -0.2) is 30.7 Å². The molecule has 0 nitrogen and oxygen atoms in total. The minimum absolute atomic E-state index is 0.134. The van der Waals surface area contributed by atoms with E-state index < -0.39 is 57.1 Å². The minimum Gasteiger partial charge on any atom is -0.203 e. The first-order chi connectivity index (χ1) is 25.8. The zero-order chi connectivity index (χ0) is 36.5. The van der Waals surface area contributed by atoms with Crippen molar-refractivity contribution in [1.29, 1.82) is 0 Å². The summed E-state index contributed by atoms with van der Waals surface area (Å²) >= 11 is 0. The highest BCUT2D eigenvalue weighted by Gasteiger charge is 2.33. The normalized spacial score (nSPS) is 11.7. The predicted molar refractivity (Wildman–Crippen MR) is 198 cm³/mol. The van der Waals surface area contributed by atoms with Gasteiger partial charge in [0.15, 0.2) is 40.7 Å². The zero-order valence-corrected chi connectivity index (χ0v) is 27.4. The van der Waals surface area contributed by atoms with Crippen LogP contribution in [0.2, 0.25) is 0 Å². The number of halogens is 7. The molecule has 0 aliphatic heterocycles. The third-order valence-corrected chi connectivity index (χ3v) is 10.0. The van der Waals surface area contributed by atoms with E-state index in [4.69, 9.17) is 0 Å². The summed E-state index contributed by atoms with van der Waals surface area (Å²) in [4.78, 5) is 0. The van der Waals surface area contributed by atoms with Crippen LogP contribution in [-0.4, -0.2) is 0 Å². The second-order valence-electron chi connectivity index (χ2n) is 12.8. The Balaban J connectivity index is 1.35. The minimum atomic E-state index is -2.33. The van der Waals surface area contributed by atoms with E-state index in [1.165, 1.54) is 0 Å². The summed E-state index contributed by atoms with van der Waals surface area (Å²) in [5.41, 5.74) is 4.60. The molecule has 0 saturated carbocycles. The highest BCUT2D eigenvalue weighted by Crippen LogP contribution is 2.49. The van der Waals surface area contributed by atoms with E-state index in [1.807, 2.05) is 54.6 Å². The van der Waals surface area contributed by atoms with Gasteiger partial charge in [0.1, 0.15) is 0 Å². The molecule has 0 saturated heterocycles. The first-order valence-electron chi connectivity index (χ1n) is 16.7. The molecule has 0 aliphatic rings. The Morgan fingerprint density at radius 2 is 0.604 bits per heavy atom. The van der Waals surface area contributed by atoms with Crippen molar-refractivity contribution >= 4 is 43.1 Å². The van der Waals surface area contributed by atoms with Gasteiger partial charge >= 0.3 is 0 Å². The van der Waals surface area contributed by atoms with Gasteiger partial charge in [-0.1, -0.05) is 140 Å². The molecule has 0 aliphatic carbocycles. The highest BCUT2D eigenvalue weighted by molar-refractivity contribution is 6.25. The maximum atomic E-state index is 16.1. The molecule has 9 rings (SSSR count). The Hall–Kier alpha value is -6.47. The number of rotatable bonds is 4. The second kappa shape index (κ2) is 12.3. The van der Waals surface area contributed by atoms with Crippen molar-refractivity contribution < 1.29 is 30.7 Å². The average molecular weight is 709 g/mol. The van der Waals surface area contributed by atoms with Gasteiger partial charge in [0, 0.05) is 16.5 Å². The highest BCUT2D eigenvalue weighted by atomic mass is 19.2. The molecule has 0 heterocycles. The van der Waals surface area contributed by atoms with Crippen molar-refractivity contribution in [2.24, 2.45) is 0 Å². The van der Waals surface area contributed by atoms with Gasteiger partial charge in [-0.15, -0.1) is 0 Å². The van der Waals surface area contributed by atoms with Crippen LogP contribution < -0.4 is 0 Å². The first-order valence-corrected chi connectivity index (χ1v) is 16.7. The van der Waals surface area contributed by atoms with Crippen molar-refractivity contribution in [2.45, 2.75) is 0 Å². The van der Waals surface area contributed by atoms with Crippen molar-refractivity contribution in [2.75, 3.05) is 0 Å². The topological polar surface area (TPSA) is 0 Å². The lowest BCUT2D eigenvalue weighted by Crippen LogP contribution is -2.06. The molecule has 0 amide bonds. The molecule has 0 aromatic heterocycles. The third-order valence-electron chi connectivity index (χ3n) is 10.0.